The molecule has 1 aromatic carbocycles. The van der Waals surface area contributed by atoms with E-state index in [2.05, 4.69) is 10.6 Å². The van der Waals surface area contributed by atoms with Crippen molar-refractivity contribution in [3.63, 3.8) is 0 Å². The number of amides is 2. The molecule has 1 atom stereocenters. The van der Waals surface area contributed by atoms with Gasteiger partial charge in [-0.05, 0) is 23.8 Å². The molecule has 0 saturated carbocycles. The van der Waals surface area contributed by atoms with E-state index in [0.29, 0.717) is 17.1 Å². The topological polar surface area (TPSA) is 99.7 Å². The van der Waals surface area contributed by atoms with Gasteiger partial charge in [0.2, 0.25) is 6.79 Å². The van der Waals surface area contributed by atoms with Crippen LogP contribution in [0.3, 0.4) is 0 Å². The lowest BCUT2D eigenvalue weighted by atomic mass is 10.0. The highest BCUT2D eigenvalue weighted by Gasteiger charge is 2.22. The van der Waals surface area contributed by atoms with E-state index in [1.165, 1.54) is 6.08 Å². The Kier molecular flexibility index (Phi) is 2.52. The highest BCUT2D eigenvalue weighted by atomic mass is 16.7. The Bertz CT molecular complexity index is 596. The average molecular weight is 261 g/mol. The standard InChI is InChI=1S/C12H10N2O5/c15-11(16)8-4-7(13-12(17)14-8)6-1-2-9-10(3-6)19-5-18-9/h1-4,7H,5H2,(H,15,16)(H2,13,14,17)/p-1/t7-/m1/s1. The van der Waals surface area contributed by atoms with Crippen molar-refractivity contribution in [3.8, 4) is 11.5 Å². The molecule has 2 N–H and O–H groups in total. The summed E-state index contributed by atoms with van der Waals surface area (Å²) < 4.78 is 10.4. The van der Waals surface area contributed by atoms with Gasteiger partial charge in [-0.1, -0.05) is 6.07 Å². The first-order valence-electron chi connectivity index (χ1n) is 5.54. The number of carbonyl (C=O) groups excluding carboxylic acids is 2. The van der Waals surface area contributed by atoms with E-state index >= 15 is 0 Å². The van der Waals surface area contributed by atoms with E-state index in [-0.39, 0.29) is 12.5 Å². The lowest BCUT2D eigenvalue weighted by Crippen LogP contribution is -2.46. The Labute approximate surface area is 107 Å². The minimum atomic E-state index is -1.43. The van der Waals surface area contributed by atoms with Gasteiger partial charge in [0, 0.05) is 0 Å². The minimum Gasteiger partial charge on any atom is -0.543 e. The number of hydrogen-bond acceptors (Lipinski definition) is 5. The summed E-state index contributed by atoms with van der Waals surface area (Å²) in [6, 6.07) is 3.98. The molecule has 98 valence electrons. The predicted octanol–water partition coefficient (Wildman–Crippen LogP) is -0.597. The summed E-state index contributed by atoms with van der Waals surface area (Å²) in [7, 11) is 0. The Morgan fingerprint density at radius 2 is 2.11 bits per heavy atom. The molecule has 7 nitrogen and oxygen atoms in total. The highest BCUT2D eigenvalue weighted by molar-refractivity contribution is 5.92. The SMILES string of the molecule is O=C1NC(C(=O)[O-])=C[C@H](c2ccc3c(c2)OCO3)N1. The third-order valence-corrected chi connectivity index (χ3v) is 2.84. The third kappa shape index (κ3) is 2.05. The maximum absolute atomic E-state index is 11.4. The molecule has 0 aliphatic carbocycles. The molecular formula is C12H9N2O5-. The van der Waals surface area contributed by atoms with E-state index < -0.39 is 18.0 Å². The maximum atomic E-state index is 11.4. The largest absolute Gasteiger partial charge is 0.543 e. The Morgan fingerprint density at radius 1 is 1.32 bits per heavy atom. The minimum absolute atomic E-state index is 0.150. The number of urea groups is 1. The van der Waals surface area contributed by atoms with Crippen LogP contribution in [0.4, 0.5) is 4.79 Å². The van der Waals surface area contributed by atoms with Gasteiger partial charge in [-0.25, -0.2) is 4.79 Å². The number of fused-ring (bicyclic) bond motifs is 1. The predicted molar refractivity (Wildman–Crippen MR) is 60.1 cm³/mol. The van der Waals surface area contributed by atoms with Gasteiger partial charge in [0.15, 0.2) is 11.5 Å². The molecule has 0 spiro atoms. The molecule has 2 aliphatic heterocycles. The summed E-state index contributed by atoms with van der Waals surface area (Å²) >= 11 is 0. The van der Waals surface area contributed by atoms with Crippen LogP contribution in [0.15, 0.2) is 30.0 Å². The lowest BCUT2D eigenvalue weighted by molar-refractivity contribution is -0.299. The van der Waals surface area contributed by atoms with Crippen molar-refractivity contribution >= 4 is 12.0 Å². The number of carbonyl (C=O) groups is 2. The number of benzene rings is 1. The molecule has 2 heterocycles. The molecule has 0 fully saturated rings. The first kappa shape index (κ1) is 11.4. The molecule has 0 saturated heterocycles. The fraction of sp³-hybridized carbons (Fsp3) is 0.167. The fourth-order valence-corrected chi connectivity index (χ4v) is 1.95. The number of hydrogen-bond donors (Lipinski definition) is 2. The van der Waals surface area contributed by atoms with Crippen LogP contribution in [0.25, 0.3) is 0 Å². The normalized spacial score (nSPS) is 20.3. The summed E-state index contributed by atoms with van der Waals surface area (Å²) in [5.41, 5.74) is 0.435. The molecule has 2 aliphatic rings. The summed E-state index contributed by atoms with van der Waals surface area (Å²) in [6.07, 6.45) is 1.37. The first-order valence-corrected chi connectivity index (χ1v) is 5.54. The highest BCUT2D eigenvalue weighted by Crippen LogP contribution is 2.34. The molecule has 0 radical (unpaired) electrons. The second-order valence-electron chi connectivity index (χ2n) is 4.06. The van der Waals surface area contributed by atoms with Crippen molar-refractivity contribution in [2.24, 2.45) is 0 Å². The molecule has 7 heteroatoms. The maximum Gasteiger partial charge on any atom is 0.320 e. The van der Waals surface area contributed by atoms with Crippen LogP contribution in [0.2, 0.25) is 0 Å². The van der Waals surface area contributed by atoms with Crippen molar-refractivity contribution in [1.82, 2.24) is 10.6 Å². The van der Waals surface area contributed by atoms with Crippen LogP contribution in [0, 0.1) is 0 Å². The Balaban J connectivity index is 1.95. The number of ether oxygens (including phenoxy) is 2. The third-order valence-electron chi connectivity index (χ3n) is 2.84. The molecule has 3 rings (SSSR count). The van der Waals surface area contributed by atoms with Crippen molar-refractivity contribution in [2.75, 3.05) is 6.79 Å². The summed E-state index contributed by atoms with van der Waals surface area (Å²) in [5.74, 6) is -0.248. The fourth-order valence-electron chi connectivity index (χ4n) is 1.95. The van der Waals surface area contributed by atoms with Crippen LogP contribution in [-0.2, 0) is 4.79 Å². The molecule has 19 heavy (non-hydrogen) atoms. The average Bonchev–Trinajstić information content (AvgIpc) is 2.85. The molecule has 1 aromatic rings. The van der Waals surface area contributed by atoms with Gasteiger partial charge >= 0.3 is 6.03 Å². The van der Waals surface area contributed by atoms with Gasteiger partial charge in [0.25, 0.3) is 0 Å². The molecule has 2 amide bonds. The van der Waals surface area contributed by atoms with E-state index in [1.807, 2.05) is 0 Å². The molecule has 0 aromatic heterocycles. The van der Waals surface area contributed by atoms with Crippen LogP contribution in [0.1, 0.15) is 11.6 Å². The number of carboxylic acid groups (broad SMARTS) is 1. The van der Waals surface area contributed by atoms with Gasteiger partial charge in [0.1, 0.15) is 0 Å². The van der Waals surface area contributed by atoms with Crippen LogP contribution < -0.4 is 25.2 Å². The van der Waals surface area contributed by atoms with Crippen LogP contribution >= 0.6 is 0 Å². The Hall–Kier alpha value is -2.70. The summed E-state index contributed by atoms with van der Waals surface area (Å²) in [5, 5.41) is 15.6. The zero-order valence-electron chi connectivity index (χ0n) is 9.64. The Morgan fingerprint density at radius 3 is 2.89 bits per heavy atom. The number of nitrogens with one attached hydrogen (secondary N) is 2. The second-order valence-corrected chi connectivity index (χ2v) is 4.06. The van der Waals surface area contributed by atoms with Crippen molar-refractivity contribution in [2.45, 2.75) is 6.04 Å². The van der Waals surface area contributed by atoms with E-state index in [9.17, 15) is 14.7 Å². The number of aliphatic carboxylic acids is 1. The molecule has 0 bridgehead atoms. The molecular weight excluding hydrogens is 252 g/mol. The monoisotopic (exact) mass is 261 g/mol. The van der Waals surface area contributed by atoms with Gasteiger partial charge in [0.05, 0.1) is 17.7 Å². The quantitative estimate of drug-likeness (QED) is 0.740. The van der Waals surface area contributed by atoms with Crippen molar-refractivity contribution in [3.05, 3.63) is 35.5 Å². The first-order chi connectivity index (χ1) is 9.13. The second kappa shape index (κ2) is 4.20. The number of rotatable bonds is 2. The van der Waals surface area contributed by atoms with Crippen molar-refractivity contribution in [1.29, 1.82) is 0 Å². The van der Waals surface area contributed by atoms with Crippen LogP contribution in [-0.4, -0.2) is 18.8 Å². The van der Waals surface area contributed by atoms with Gasteiger partial charge in [-0.15, -0.1) is 0 Å². The smallest absolute Gasteiger partial charge is 0.320 e. The van der Waals surface area contributed by atoms with Gasteiger partial charge in [-0.2, -0.15) is 0 Å². The van der Waals surface area contributed by atoms with Crippen molar-refractivity contribution < 1.29 is 24.2 Å². The van der Waals surface area contributed by atoms with E-state index in [0.717, 1.165) is 0 Å². The van der Waals surface area contributed by atoms with E-state index in [1.54, 1.807) is 18.2 Å². The molecule has 0 unspecified atom stereocenters. The van der Waals surface area contributed by atoms with Gasteiger partial charge < -0.3 is 30.0 Å². The van der Waals surface area contributed by atoms with E-state index in [4.69, 9.17) is 9.47 Å². The van der Waals surface area contributed by atoms with Crippen LogP contribution in [0.5, 0.6) is 11.5 Å². The van der Waals surface area contributed by atoms with Gasteiger partial charge in [-0.3, -0.25) is 0 Å². The number of carboxylic acids is 1. The summed E-state index contributed by atoms with van der Waals surface area (Å²) in [6.45, 7) is 0.150. The zero-order chi connectivity index (χ0) is 13.4. The summed E-state index contributed by atoms with van der Waals surface area (Å²) in [4.78, 5) is 22.2. The zero-order valence-corrected chi connectivity index (χ0v) is 9.64. The lowest BCUT2D eigenvalue weighted by Gasteiger charge is -2.24.